The molecule has 2 aliphatic rings. The molecule has 0 bridgehead atoms. The van der Waals surface area contributed by atoms with Crippen LogP contribution in [0.25, 0.3) is 10.9 Å². The van der Waals surface area contributed by atoms with Crippen molar-refractivity contribution in [1.29, 1.82) is 0 Å². The second kappa shape index (κ2) is 7.89. The lowest BCUT2D eigenvalue weighted by molar-refractivity contribution is 0.0744. The van der Waals surface area contributed by atoms with E-state index in [2.05, 4.69) is 42.3 Å². The van der Waals surface area contributed by atoms with E-state index in [1.54, 1.807) is 0 Å². The Balaban J connectivity index is 1.46. The molecule has 1 unspecified atom stereocenters. The van der Waals surface area contributed by atoms with Crippen LogP contribution >= 0.6 is 0 Å². The summed E-state index contributed by atoms with van der Waals surface area (Å²) in [5.41, 5.74) is 3.39. The molecule has 4 rings (SSSR count). The van der Waals surface area contributed by atoms with Crippen LogP contribution in [0.15, 0.2) is 18.2 Å². The van der Waals surface area contributed by atoms with Crippen LogP contribution in [0.2, 0.25) is 0 Å². The Labute approximate surface area is 156 Å². The van der Waals surface area contributed by atoms with E-state index in [1.807, 2.05) is 0 Å². The molecule has 2 saturated heterocycles. The maximum Gasteiger partial charge on any atom is 0.226 e. The molecule has 1 aromatic carbocycles. The van der Waals surface area contributed by atoms with Crippen molar-refractivity contribution in [3.05, 3.63) is 29.5 Å². The van der Waals surface area contributed by atoms with Crippen LogP contribution in [0.1, 0.15) is 43.4 Å². The van der Waals surface area contributed by atoms with Gasteiger partial charge in [-0.2, -0.15) is 0 Å². The molecule has 5 nitrogen and oxygen atoms in total. The fraction of sp³-hybridized carbons (Fsp3) is 0.619. The first-order valence-electron chi connectivity index (χ1n) is 10.0. The third-order valence-electron chi connectivity index (χ3n) is 5.73. The van der Waals surface area contributed by atoms with Crippen LogP contribution in [0.3, 0.4) is 0 Å². The number of hydrogen-bond acceptors (Lipinski definition) is 5. The van der Waals surface area contributed by atoms with Gasteiger partial charge in [0.2, 0.25) is 5.95 Å². The second-order valence-corrected chi connectivity index (χ2v) is 7.80. The molecule has 0 amide bonds. The number of fused-ring (bicyclic) bond motifs is 1. The fourth-order valence-corrected chi connectivity index (χ4v) is 4.19. The lowest BCUT2D eigenvalue weighted by Crippen LogP contribution is -2.42. The number of hydrogen-bond donors (Lipinski definition) is 1. The van der Waals surface area contributed by atoms with Crippen LogP contribution in [0, 0.1) is 13.8 Å². The van der Waals surface area contributed by atoms with Crippen molar-refractivity contribution in [3.8, 4) is 0 Å². The summed E-state index contributed by atoms with van der Waals surface area (Å²) >= 11 is 0. The molecule has 0 radical (unpaired) electrons. The highest BCUT2D eigenvalue weighted by atomic mass is 16.5. The minimum atomic E-state index is 0.604. The average Bonchev–Trinajstić information content (AvgIpc) is 2.88. The van der Waals surface area contributed by atoms with Gasteiger partial charge in [-0.25, -0.2) is 9.97 Å². The van der Waals surface area contributed by atoms with Crippen LogP contribution in [0.4, 0.5) is 5.95 Å². The first kappa shape index (κ1) is 17.7. The number of anilines is 1. The van der Waals surface area contributed by atoms with Crippen molar-refractivity contribution in [2.24, 2.45) is 0 Å². The molecule has 0 spiro atoms. The predicted molar refractivity (Wildman–Crippen MR) is 106 cm³/mol. The topological polar surface area (TPSA) is 50.3 Å². The van der Waals surface area contributed by atoms with E-state index >= 15 is 0 Å². The zero-order valence-electron chi connectivity index (χ0n) is 16.0. The van der Waals surface area contributed by atoms with Gasteiger partial charge in [0.1, 0.15) is 0 Å². The molecule has 3 heterocycles. The SMILES string of the molecule is Cc1ccc2c(C)nc(N3CCCC(NC4CCOCC4)CC3)nc2c1. The summed E-state index contributed by atoms with van der Waals surface area (Å²) in [6, 6.07) is 7.67. The Hall–Kier alpha value is -1.72. The third kappa shape index (κ3) is 3.99. The van der Waals surface area contributed by atoms with Crippen molar-refractivity contribution in [2.75, 3.05) is 31.2 Å². The summed E-state index contributed by atoms with van der Waals surface area (Å²) in [4.78, 5) is 12.1. The number of aryl methyl sites for hydroxylation is 2. The lowest BCUT2D eigenvalue weighted by atomic mass is 10.0. The van der Waals surface area contributed by atoms with Gasteiger partial charge in [0.15, 0.2) is 0 Å². The fourth-order valence-electron chi connectivity index (χ4n) is 4.19. The summed E-state index contributed by atoms with van der Waals surface area (Å²) in [5.74, 6) is 0.896. The maximum absolute atomic E-state index is 5.48. The number of benzene rings is 1. The molecule has 0 saturated carbocycles. The van der Waals surface area contributed by atoms with Gasteiger partial charge in [0.05, 0.1) is 11.2 Å². The Morgan fingerprint density at radius 2 is 1.81 bits per heavy atom. The zero-order chi connectivity index (χ0) is 17.9. The standard InChI is InChI=1S/C21H30N4O/c1-15-5-6-19-16(2)22-21(24-20(19)14-15)25-10-3-4-17(7-11-25)23-18-8-12-26-13-9-18/h5-6,14,17-18,23H,3-4,7-13H2,1-2H3. The first-order chi connectivity index (χ1) is 12.7. The number of ether oxygens (including phenoxy) is 1. The summed E-state index contributed by atoms with van der Waals surface area (Å²) in [6.45, 7) is 8.09. The largest absolute Gasteiger partial charge is 0.381 e. The van der Waals surface area contributed by atoms with Gasteiger partial charge >= 0.3 is 0 Å². The molecule has 2 aliphatic heterocycles. The zero-order valence-corrected chi connectivity index (χ0v) is 16.0. The van der Waals surface area contributed by atoms with E-state index in [9.17, 15) is 0 Å². The summed E-state index contributed by atoms with van der Waals surface area (Å²) in [5, 5.41) is 5.03. The van der Waals surface area contributed by atoms with E-state index in [4.69, 9.17) is 14.7 Å². The summed E-state index contributed by atoms with van der Waals surface area (Å²) in [7, 11) is 0. The molecule has 2 fully saturated rings. The molecule has 2 aromatic rings. The van der Waals surface area contributed by atoms with Crippen LogP contribution in [-0.4, -0.2) is 48.4 Å². The van der Waals surface area contributed by atoms with Gasteiger partial charge in [-0.3, -0.25) is 0 Å². The lowest BCUT2D eigenvalue weighted by Gasteiger charge is -2.28. The average molecular weight is 354 g/mol. The van der Waals surface area contributed by atoms with Gasteiger partial charge in [-0.1, -0.05) is 12.1 Å². The molecular weight excluding hydrogens is 324 g/mol. The third-order valence-corrected chi connectivity index (χ3v) is 5.73. The van der Waals surface area contributed by atoms with E-state index in [1.165, 1.54) is 18.4 Å². The number of nitrogens with zero attached hydrogens (tertiary/aromatic N) is 3. The number of nitrogens with one attached hydrogen (secondary N) is 1. The normalized spacial score (nSPS) is 22.5. The van der Waals surface area contributed by atoms with E-state index < -0.39 is 0 Å². The molecule has 1 N–H and O–H groups in total. The van der Waals surface area contributed by atoms with Gasteiger partial charge in [0.25, 0.3) is 0 Å². The van der Waals surface area contributed by atoms with E-state index in [-0.39, 0.29) is 0 Å². The Bertz CT molecular complexity index is 757. The maximum atomic E-state index is 5.48. The van der Waals surface area contributed by atoms with Gasteiger partial charge < -0.3 is 15.0 Å². The number of aromatic nitrogens is 2. The van der Waals surface area contributed by atoms with Crippen molar-refractivity contribution < 1.29 is 4.74 Å². The van der Waals surface area contributed by atoms with Crippen molar-refractivity contribution in [2.45, 2.75) is 58.0 Å². The minimum Gasteiger partial charge on any atom is -0.381 e. The van der Waals surface area contributed by atoms with Gasteiger partial charge in [-0.15, -0.1) is 0 Å². The van der Waals surface area contributed by atoms with Crippen LogP contribution in [0.5, 0.6) is 0 Å². The van der Waals surface area contributed by atoms with Gasteiger partial charge in [-0.05, 0) is 57.6 Å². The smallest absolute Gasteiger partial charge is 0.226 e. The summed E-state index contributed by atoms with van der Waals surface area (Å²) in [6.07, 6.45) is 5.87. The minimum absolute atomic E-state index is 0.604. The van der Waals surface area contributed by atoms with E-state index in [0.29, 0.717) is 12.1 Å². The van der Waals surface area contributed by atoms with Crippen molar-refractivity contribution >= 4 is 16.9 Å². The Kier molecular flexibility index (Phi) is 5.36. The molecule has 1 atom stereocenters. The highest BCUT2D eigenvalue weighted by Crippen LogP contribution is 2.23. The number of rotatable bonds is 3. The molecule has 5 heteroatoms. The van der Waals surface area contributed by atoms with Crippen molar-refractivity contribution in [1.82, 2.24) is 15.3 Å². The van der Waals surface area contributed by atoms with Gasteiger partial charge in [0, 0.05) is 43.8 Å². The second-order valence-electron chi connectivity index (χ2n) is 7.80. The molecule has 140 valence electrons. The quantitative estimate of drug-likeness (QED) is 0.916. The van der Waals surface area contributed by atoms with E-state index in [0.717, 1.165) is 68.1 Å². The van der Waals surface area contributed by atoms with Crippen LogP contribution in [-0.2, 0) is 4.74 Å². The monoisotopic (exact) mass is 354 g/mol. The highest BCUT2D eigenvalue weighted by Gasteiger charge is 2.22. The molecule has 26 heavy (non-hydrogen) atoms. The van der Waals surface area contributed by atoms with Crippen LogP contribution < -0.4 is 10.2 Å². The first-order valence-corrected chi connectivity index (χ1v) is 10.0. The Morgan fingerprint density at radius 3 is 2.65 bits per heavy atom. The van der Waals surface area contributed by atoms with Crippen molar-refractivity contribution in [3.63, 3.8) is 0 Å². The predicted octanol–water partition coefficient (Wildman–Crippen LogP) is 3.37. The molecule has 0 aliphatic carbocycles. The molecular formula is C21H30N4O. The molecule has 1 aromatic heterocycles. The highest BCUT2D eigenvalue weighted by molar-refractivity contribution is 5.82. The summed E-state index contributed by atoms with van der Waals surface area (Å²) < 4.78 is 5.48. The Morgan fingerprint density at radius 1 is 1.00 bits per heavy atom.